The third kappa shape index (κ3) is 3.59. The minimum absolute atomic E-state index is 0.0696. The normalized spacial score (nSPS) is 22.0. The summed E-state index contributed by atoms with van der Waals surface area (Å²) in [6.45, 7) is 0.0641. The first kappa shape index (κ1) is 19.8. The molecule has 7 heteroatoms. The maximum absolute atomic E-state index is 13.1. The highest BCUT2D eigenvalue weighted by Gasteiger charge is 2.53. The largest absolute Gasteiger partial charge is 0.448 e. The average molecular weight is 405 g/mol. The molecule has 4 rings (SSSR count). The fourth-order valence-electron chi connectivity index (χ4n) is 4.27. The van der Waals surface area contributed by atoms with Crippen molar-refractivity contribution < 1.29 is 27.8 Å². The molecular weight excluding hydrogens is 383 g/mol. The lowest BCUT2D eigenvalue weighted by atomic mass is 9.94. The zero-order valence-corrected chi connectivity index (χ0v) is 15.8. The van der Waals surface area contributed by atoms with E-state index >= 15 is 0 Å². The monoisotopic (exact) mass is 405 g/mol. The first-order chi connectivity index (χ1) is 13.8. The molecule has 2 aromatic rings. The Labute approximate surface area is 166 Å². The molecule has 0 aromatic heterocycles. The zero-order valence-electron chi connectivity index (χ0n) is 15.8. The summed E-state index contributed by atoms with van der Waals surface area (Å²) in [6.07, 6.45) is -6.23. The maximum Gasteiger partial charge on any atom is 0.417 e. The second-order valence-corrected chi connectivity index (χ2v) is 7.67. The van der Waals surface area contributed by atoms with Gasteiger partial charge in [0.1, 0.15) is 6.61 Å². The number of ether oxygens (including phenoxy) is 1. The molecule has 0 spiro atoms. The van der Waals surface area contributed by atoms with Crippen LogP contribution in [-0.4, -0.2) is 47.6 Å². The van der Waals surface area contributed by atoms with E-state index in [2.05, 4.69) is 0 Å². The molecule has 0 radical (unpaired) electrons. The topological polar surface area (TPSA) is 49.8 Å². The number of alkyl halides is 3. The minimum atomic E-state index is -4.70. The van der Waals surface area contributed by atoms with Gasteiger partial charge in [0.2, 0.25) is 0 Å². The average Bonchev–Trinajstić information content (AvgIpc) is 2.85. The van der Waals surface area contributed by atoms with E-state index in [1.807, 2.05) is 48.5 Å². The van der Waals surface area contributed by atoms with Crippen molar-refractivity contribution in [3.63, 3.8) is 0 Å². The standard InChI is InChI=1S/C22H22F3NO3/c23-22(24,25)21(28)10-5-12-26(13-11-21)20(27)29-14-19-17-8-3-1-6-15(17)16-7-2-4-9-18(16)19/h1-4,6-9,19,28H,5,10-14H2. The van der Waals surface area contributed by atoms with E-state index in [-0.39, 0.29) is 32.0 Å². The van der Waals surface area contributed by atoms with Crippen molar-refractivity contribution >= 4 is 6.09 Å². The van der Waals surface area contributed by atoms with E-state index in [4.69, 9.17) is 4.74 Å². The van der Waals surface area contributed by atoms with Crippen LogP contribution >= 0.6 is 0 Å². The molecule has 1 heterocycles. The number of carbonyl (C=O) groups is 1. The Kier molecular flexibility index (Phi) is 5.02. The number of amides is 1. The van der Waals surface area contributed by atoms with Crippen LogP contribution in [0.1, 0.15) is 36.3 Å². The summed E-state index contributed by atoms with van der Waals surface area (Å²) in [6, 6.07) is 15.9. The van der Waals surface area contributed by atoms with Crippen LogP contribution in [0.2, 0.25) is 0 Å². The summed E-state index contributed by atoms with van der Waals surface area (Å²) in [4.78, 5) is 13.8. The van der Waals surface area contributed by atoms with Crippen molar-refractivity contribution in [3.05, 3.63) is 59.7 Å². The van der Waals surface area contributed by atoms with Gasteiger partial charge in [0, 0.05) is 25.4 Å². The number of fused-ring (bicyclic) bond motifs is 3. The Morgan fingerprint density at radius 2 is 1.62 bits per heavy atom. The summed E-state index contributed by atoms with van der Waals surface area (Å²) >= 11 is 0. The molecule has 4 nitrogen and oxygen atoms in total. The number of halogens is 3. The van der Waals surface area contributed by atoms with Gasteiger partial charge in [0.25, 0.3) is 0 Å². The van der Waals surface area contributed by atoms with Gasteiger partial charge in [-0.1, -0.05) is 48.5 Å². The summed E-state index contributed by atoms with van der Waals surface area (Å²) in [7, 11) is 0. The summed E-state index contributed by atoms with van der Waals surface area (Å²) in [5.74, 6) is -0.106. The van der Waals surface area contributed by atoms with Crippen molar-refractivity contribution in [3.8, 4) is 11.1 Å². The molecule has 1 aliphatic carbocycles. The van der Waals surface area contributed by atoms with Gasteiger partial charge in [0.05, 0.1) is 0 Å². The number of benzene rings is 2. The minimum Gasteiger partial charge on any atom is -0.448 e. The van der Waals surface area contributed by atoms with E-state index in [0.29, 0.717) is 0 Å². The second kappa shape index (κ2) is 7.37. The number of aliphatic hydroxyl groups is 1. The lowest BCUT2D eigenvalue weighted by Gasteiger charge is -2.29. The molecule has 1 fully saturated rings. The van der Waals surface area contributed by atoms with E-state index in [0.717, 1.165) is 22.3 Å². The van der Waals surface area contributed by atoms with E-state index in [1.165, 1.54) is 4.90 Å². The van der Waals surface area contributed by atoms with Crippen LogP contribution in [0.4, 0.5) is 18.0 Å². The predicted molar refractivity (Wildman–Crippen MR) is 101 cm³/mol. The van der Waals surface area contributed by atoms with Gasteiger partial charge in [-0.15, -0.1) is 0 Å². The summed E-state index contributed by atoms with van der Waals surface area (Å²) < 4.78 is 44.8. The summed E-state index contributed by atoms with van der Waals surface area (Å²) in [5.41, 5.74) is 1.61. The molecule has 1 unspecified atom stereocenters. The molecule has 0 bridgehead atoms. The number of hydrogen-bond donors (Lipinski definition) is 1. The van der Waals surface area contributed by atoms with Crippen LogP contribution in [0.3, 0.4) is 0 Å². The van der Waals surface area contributed by atoms with Gasteiger partial charge in [-0.3, -0.25) is 0 Å². The first-order valence-electron chi connectivity index (χ1n) is 9.69. The Morgan fingerprint density at radius 1 is 1.03 bits per heavy atom. The number of rotatable bonds is 2. The molecule has 154 valence electrons. The van der Waals surface area contributed by atoms with Crippen molar-refractivity contribution in [1.82, 2.24) is 4.90 Å². The molecule has 1 aliphatic heterocycles. The third-order valence-electron chi connectivity index (χ3n) is 5.94. The number of likely N-dealkylation sites (tertiary alicyclic amines) is 1. The van der Waals surface area contributed by atoms with Crippen molar-refractivity contribution in [2.45, 2.75) is 37.0 Å². The van der Waals surface area contributed by atoms with Gasteiger partial charge in [-0.25, -0.2) is 4.79 Å². The SMILES string of the molecule is O=C(OCC1c2ccccc2-c2ccccc21)N1CCCC(O)(C(F)(F)F)CC1. The molecule has 1 amide bonds. The lowest BCUT2D eigenvalue weighted by molar-refractivity contribution is -0.263. The van der Waals surface area contributed by atoms with Crippen LogP contribution in [0.5, 0.6) is 0 Å². The van der Waals surface area contributed by atoms with E-state index < -0.39 is 30.7 Å². The second-order valence-electron chi connectivity index (χ2n) is 7.67. The van der Waals surface area contributed by atoms with Crippen molar-refractivity contribution in [2.75, 3.05) is 19.7 Å². The smallest absolute Gasteiger partial charge is 0.417 e. The van der Waals surface area contributed by atoms with Crippen LogP contribution < -0.4 is 0 Å². The number of nitrogens with zero attached hydrogens (tertiary/aromatic N) is 1. The molecule has 1 atom stereocenters. The van der Waals surface area contributed by atoms with Crippen molar-refractivity contribution in [2.24, 2.45) is 0 Å². The van der Waals surface area contributed by atoms with E-state index in [1.54, 1.807) is 0 Å². The molecule has 2 aliphatic rings. The van der Waals surface area contributed by atoms with Gasteiger partial charge < -0.3 is 14.7 Å². The first-order valence-corrected chi connectivity index (χ1v) is 9.69. The molecule has 1 saturated heterocycles. The van der Waals surface area contributed by atoms with Gasteiger partial charge in [-0.05, 0) is 35.1 Å². The highest BCUT2D eigenvalue weighted by molar-refractivity contribution is 5.79. The number of carbonyl (C=O) groups excluding carboxylic acids is 1. The zero-order chi connectivity index (χ0) is 20.6. The molecule has 0 saturated carbocycles. The van der Waals surface area contributed by atoms with Crippen LogP contribution in [0.15, 0.2) is 48.5 Å². The van der Waals surface area contributed by atoms with Gasteiger partial charge in [-0.2, -0.15) is 13.2 Å². The highest BCUT2D eigenvalue weighted by Crippen LogP contribution is 2.44. The Morgan fingerprint density at radius 3 is 2.21 bits per heavy atom. The molecular formula is C22H22F3NO3. The highest BCUT2D eigenvalue weighted by atomic mass is 19.4. The molecule has 2 aromatic carbocycles. The molecule has 29 heavy (non-hydrogen) atoms. The third-order valence-corrected chi connectivity index (χ3v) is 5.94. The van der Waals surface area contributed by atoms with E-state index in [9.17, 15) is 23.1 Å². The fraction of sp³-hybridized carbons (Fsp3) is 0.409. The lowest BCUT2D eigenvalue weighted by Crippen LogP contribution is -2.46. The summed E-state index contributed by atoms with van der Waals surface area (Å²) in [5, 5.41) is 9.90. The van der Waals surface area contributed by atoms with Crippen LogP contribution in [0, 0.1) is 0 Å². The van der Waals surface area contributed by atoms with Crippen LogP contribution in [-0.2, 0) is 4.74 Å². The van der Waals surface area contributed by atoms with Gasteiger partial charge in [0.15, 0.2) is 5.60 Å². The maximum atomic E-state index is 13.1. The van der Waals surface area contributed by atoms with Gasteiger partial charge >= 0.3 is 12.3 Å². The Balaban J connectivity index is 1.44. The fourth-order valence-corrected chi connectivity index (χ4v) is 4.27. The predicted octanol–water partition coefficient (Wildman–Crippen LogP) is 4.71. The molecule has 1 N–H and O–H groups in total. The quantitative estimate of drug-likeness (QED) is 0.787. The Hall–Kier alpha value is -2.54. The van der Waals surface area contributed by atoms with Crippen molar-refractivity contribution in [1.29, 1.82) is 0 Å². The Bertz CT molecular complexity index is 869. The van der Waals surface area contributed by atoms with Crippen LogP contribution in [0.25, 0.3) is 11.1 Å². The number of hydrogen-bond acceptors (Lipinski definition) is 3.